The molecule has 0 amide bonds. The van der Waals surface area contributed by atoms with Crippen molar-refractivity contribution in [2.45, 2.75) is 40.0 Å². The molecular formula is C13H19NS. The van der Waals surface area contributed by atoms with Crippen LogP contribution < -0.4 is 0 Å². The number of nitrogens with zero attached hydrogens (tertiary/aromatic N) is 1. The number of thiazole rings is 1. The molecular weight excluding hydrogens is 202 g/mol. The van der Waals surface area contributed by atoms with E-state index < -0.39 is 0 Å². The van der Waals surface area contributed by atoms with Crippen molar-refractivity contribution in [1.29, 1.82) is 0 Å². The topological polar surface area (TPSA) is 12.9 Å². The Morgan fingerprint density at radius 3 is 2.60 bits per heavy atom. The lowest BCUT2D eigenvalue weighted by Crippen LogP contribution is -1.80. The maximum Gasteiger partial charge on any atom is 0.0938 e. The van der Waals surface area contributed by atoms with Crippen LogP contribution in [-0.2, 0) is 6.42 Å². The molecule has 1 heterocycles. The highest BCUT2D eigenvalue weighted by Crippen LogP contribution is 2.22. The second-order valence-electron chi connectivity index (χ2n) is 3.18. The maximum absolute atomic E-state index is 4.57. The predicted octanol–water partition coefficient (Wildman–Crippen LogP) is 4.67. The minimum absolute atomic E-state index is 1.13. The lowest BCUT2D eigenvalue weighted by Gasteiger charge is -1.89. The van der Waals surface area contributed by atoms with E-state index in [2.05, 4.69) is 30.1 Å². The molecule has 15 heavy (non-hydrogen) atoms. The van der Waals surface area contributed by atoms with E-state index in [1.807, 2.05) is 31.3 Å². The second kappa shape index (κ2) is 6.57. The molecule has 2 aromatic rings. The van der Waals surface area contributed by atoms with E-state index in [0.29, 0.717) is 0 Å². The monoisotopic (exact) mass is 221 g/mol. The van der Waals surface area contributed by atoms with E-state index in [0.717, 1.165) is 11.9 Å². The SMILES string of the molecule is CC.CCCCc1nc2ccccc2s1. The van der Waals surface area contributed by atoms with Crippen molar-refractivity contribution < 1.29 is 0 Å². The van der Waals surface area contributed by atoms with Crippen molar-refractivity contribution in [3.63, 3.8) is 0 Å². The second-order valence-corrected chi connectivity index (χ2v) is 4.29. The van der Waals surface area contributed by atoms with Gasteiger partial charge in [0.15, 0.2) is 0 Å². The quantitative estimate of drug-likeness (QED) is 0.734. The summed E-state index contributed by atoms with van der Waals surface area (Å²) in [5.41, 5.74) is 1.15. The molecule has 0 aliphatic heterocycles. The van der Waals surface area contributed by atoms with Gasteiger partial charge in [0.2, 0.25) is 0 Å². The summed E-state index contributed by atoms with van der Waals surface area (Å²) >= 11 is 1.83. The smallest absolute Gasteiger partial charge is 0.0938 e. The normalized spacial score (nSPS) is 9.80. The largest absolute Gasteiger partial charge is 0.241 e. The molecule has 2 rings (SSSR count). The summed E-state index contributed by atoms with van der Waals surface area (Å²) < 4.78 is 1.31. The zero-order valence-electron chi connectivity index (χ0n) is 9.79. The third-order valence-corrected chi connectivity index (χ3v) is 3.18. The Kier molecular flexibility index (Phi) is 5.33. The number of aryl methyl sites for hydroxylation is 1. The molecule has 0 saturated carbocycles. The summed E-state index contributed by atoms with van der Waals surface area (Å²) in [6, 6.07) is 8.35. The van der Waals surface area contributed by atoms with Gasteiger partial charge in [0.05, 0.1) is 15.2 Å². The highest BCUT2D eigenvalue weighted by Gasteiger charge is 2.01. The van der Waals surface area contributed by atoms with Crippen LogP contribution in [-0.4, -0.2) is 4.98 Å². The van der Waals surface area contributed by atoms with Crippen molar-refractivity contribution in [1.82, 2.24) is 4.98 Å². The summed E-state index contributed by atoms with van der Waals surface area (Å²) in [6.07, 6.45) is 3.63. The third kappa shape index (κ3) is 3.31. The van der Waals surface area contributed by atoms with Gasteiger partial charge in [-0.25, -0.2) is 4.98 Å². The molecule has 0 radical (unpaired) electrons. The van der Waals surface area contributed by atoms with Gasteiger partial charge in [0, 0.05) is 0 Å². The summed E-state index contributed by atoms with van der Waals surface area (Å²) in [7, 11) is 0. The van der Waals surface area contributed by atoms with E-state index in [1.165, 1.54) is 22.5 Å². The van der Waals surface area contributed by atoms with Gasteiger partial charge in [-0.1, -0.05) is 39.3 Å². The number of para-hydroxylation sites is 1. The van der Waals surface area contributed by atoms with E-state index in [-0.39, 0.29) is 0 Å². The zero-order chi connectivity index (χ0) is 11.1. The number of fused-ring (bicyclic) bond motifs is 1. The molecule has 1 aromatic heterocycles. The Balaban J connectivity index is 0.000000531. The Labute approximate surface area is 96.2 Å². The predicted molar refractivity (Wildman–Crippen MR) is 69.6 cm³/mol. The standard InChI is InChI=1S/C11H13NS.C2H6/c1-2-3-8-11-12-9-6-4-5-7-10(9)13-11;1-2/h4-7H,2-3,8H2,1H3;1-2H3. The average Bonchev–Trinajstić information content (AvgIpc) is 2.71. The average molecular weight is 221 g/mol. The fraction of sp³-hybridized carbons (Fsp3) is 0.462. The number of benzene rings is 1. The van der Waals surface area contributed by atoms with E-state index in [4.69, 9.17) is 0 Å². The number of rotatable bonds is 3. The molecule has 2 heteroatoms. The molecule has 0 fully saturated rings. The number of hydrogen-bond donors (Lipinski definition) is 0. The van der Waals surface area contributed by atoms with Crippen molar-refractivity contribution in [3.05, 3.63) is 29.3 Å². The highest BCUT2D eigenvalue weighted by molar-refractivity contribution is 7.18. The Hall–Kier alpha value is -0.890. The summed E-state index contributed by atoms with van der Waals surface area (Å²) in [5, 5.41) is 1.28. The van der Waals surface area contributed by atoms with Gasteiger partial charge < -0.3 is 0 Å². The molecule has 0 bridgehead atoms. The van der Waals surface area contributed by atoms with Gasteiger partial charge in [-0.15, -0.1) is 11.3 Å². The molecule has 0 spiro atoms. The van der Waals surface area contributed by atoms with Crippen LogP contribution >= 0.6 is 11.3 Å². The molecule has 0 N–H and O–H groups in total. The van der Waals surface area contributed by atoms with E-state index >= 15 is 0 Å². The fourth-order valence-electron chi connectivity index (χ4n) is 1.35. The molecule has 0 aliphatic rings. The molecule has 0 unspecified atom stereocenters. The van der Waals surface area contributed by atoms with E-state index in [1.54, 1.807) is 0 Å². The molecule has 82 valence electrons. The lowest BCUT2D eigenvalue weighted by atomic mass is 10.3. The molecule has 0 saturated heterocycles. The molecule has 1 nitrogen and oxygen atoms in total. The van der Waals surface area contributed by atoms with Crippen LogP contribution in [0.25, 0.3) is 10.2 Å². The number of hydrogen-bond acceptors (Lipinski definition) is 2. The zero-order valence-corrected chi connectivity index (χ0v) is 10.6. The van der Waals surface area contributed by atoms with Crippen LogP contribution in [0.3, 0.4) is 0 Å². The van der Waals surface area contributed by atoms with Gasteiger partial charge in [0.25, 0.3) is 0 Å². The minimum atomic E-state index is 1.13. The molecule has 0 aliphatic carbocycles. The Morgan fingerprint density at radius 2 is 1.93 bits per heavy atom. The number of unbranched alkanes of at least 4 members (excludes halogenated alkanes) is 1. The van der Waals surface area contributed by atoms with Crippen LogP contribution in [0.15, 0.2) is 24.3 Å². The third-order valence-electron chi connectivity index (χ3n) is 2.08. The fourth-order valence-corrected chi connectivity index (χ4v) is 2.36. The summed E-state index contributed by atoms with van der Waals surface area (Å²) in [4.78, 5) is 4.57. The summed E-state index contributed by atoms with van der Waals surface area (Å²) in [5.74, 6) is 0. The van der Waals surface area contributed by atoms with Gasteiger partial charge >= 0.3 is 0 Å². The maximum atomic E-state index is 4.57. The highest BCUT2D eigenvalue weighted by atomic mass is 32.1. The van der Waals surface area contributed by atoms with Crippen molar-refractivity contribution in [3.8, 4) is 0 Å². The molecule has 1 aromatic carbocycles. The Morgan fingerprint density at radius 1 is 1.20 bits per heavy atom. The Bertz CT molecular complexity index is 359. The van der Waals surface area contributed by atoms with Crippen LogP contribution in [0.5, 0.6) is 0 Å². The van der Waals surface area contributed by atoms with E-state index in [9.17, 15) is 0 Å². The van der Waals surface area contributed by atoms with Crippen LogP contribution in [0.1, 0.15) is 38.6 Å². The first-order chi connectivity index (χ1) is 7.40. The first-order valence-electron chi connectivity index (χ1n) is 5.74. The van der Waals surface area contributed by atoms with Gasteiger partial charge in [-0.05, 0) is 25.0 Å². The van der Waals surface area contributed by atoms with Crippen LogP contribution in [0.4, 0.5) is 0 Å². The summed E-state index contributed by atoms with van der Waals surface area (Å²) in [6.45, 7) is 6.22. The van der Waals surface area contributed by atoms with Crippen molar-refractivity contribution >= 4 is 21.6 Å². The van der Waals surface area contributed by atoms with Gasteiger partial charge in [-0.3, -0.25) is 0 Å². The van der Waals surface area contributed by atoms with Gasteiger partial charge in [0.1, 0.15) is 0 Å². The van der Waals surface area contributed by atoms with Crippen molar-refractivity contribution in [2.24, 2.45) is 0 Å². The van der Waals surface area contributed by atoms with Crippen molar-refractivity contribution in [2.75, 3.05) is 0 Å². The lowest BCUT2D eigenvalue weighted by molar-refractivity contribution is 0.791. The van der Waals surface area contributed by atoms with Crippen LogP contribution in [0.2, 0.25) is 0 Å². The number of aromatic nitrogens is 1. The first kappa shape index (κ1) is 12.2. The first-order valence-corrected chi connectivity index (χ1v) is 6.56. The molecule has 0 atom stereocenters. The van der Waals surface area contributed by atoms with Gasteiger partial charge in [-0.2, -0.15) is 0 Å². The van der Waals surface area contributed by atoms with Crippen LogP contribution in [0, 0.1) is 0 Å². The minimum Gasteiger partial charge on any atom is -0.241 e.